The Morgan fingerprint density at radius 3 is 2.20 bits per heavy atom. The van der Waals surface area contributed by atoms with E-state index in [1.807, 2.05) is 20.8 Å². The molecule has 90 valence electrons. The van der Waals surface area contributed by atoms with Gasteiger partial charge in [0.25, 0.3) is 0 Å². The molecule has 0 heterocycles. The van der Waals surface area contributed by atoms with Crippen LogP contribution >= 0.6 is 11.6 Å². The quantitative estimate of drug-likeness (QED) is 0.763. The molecule has 0 aliphatic heterocycles. The number of rotatable bonds is 5. The molecule has 0 aromatic carbocycles. The zero-order chi connectivity index (χ0) is 11.7. The summed E-state index contributed by atoms with van der Waals surface area (Å²) >= 11 is 5.72. The molecule has 0 bridgehead atoms. The second-order valence-corrected chi connectivity index (χ2v) is 7.75. The number of sulfonamides is 1. The third kappa shape index (κ3) is 4.70. The number of nitrogens with one attached hydrogen (secondary N) is 1. The van der Waals surface area contributed by atoms with E-state index < -0.39 is 10.0 Å². The van der Waals surface area contributed by atoms with Gasteiger partial charge in [-0.15, -0.1) is 11.6 Å². The predicted molar refractivity (Wildman–Crippen MR) is 63.7 cm³/mol. The maximum Gasteiger partial charge on any atom is 0.212 e. The van der Waals surface area contributed by atoms with E-state index in [1.165, 1.54) is 0 Å². The van der Waals surface area contributed by atoms with Crippen LogP contribution in [0.15, 0.2) is 0 Å². The van der Waals surface area contributed by atoms with Gasteiger partial charge >= 0.3 is 0 Å². The predicted octanol–water partition coefficient (Wildman–Crippen LogP) is 2.11. The number of hydrogen-bond acceptors (Lipinski definition) is 2. The van der Waals surface area contributed by atoms with E-state index >= 15 is 0 Å². The Bertz CT molecular complexity index is 315. The average Bonchev–Trinajstić information content (AvgIpc) is 2.81. The fourth-order valence-electron chi connectivity index (χ4n) is 1.24. The maximum atomic E-state index is 11.7. The molecular formula is C10H20ClNO2S. The number of halogens is 1. The topological polar surface area (TPSA) is 46.2 Å². The van der Waals surface area contributed by atoms with Crippen LogP contribution in [0.25, 0.3) is 0 Å². The average molecular weight is 254 g/mol. The molecule has 0 amide bonds. The molecule has 15 heavy (non-hydrogen) atoms. The van der Waals surface area contributed by atoms with E-state index in [1.54, 1.807) is 0 Å². The molecule has 0 atom stereocenters. The Balaban J connectivity index is 2.46. The molecule has 0 unspecified atom stereocenters. The van der Waals surface area contributed by atoms with Crippen LogP contribution in [-0.4, -0.2) is 25.6 Å². The number of hydrogen-bond donors (Lipinski definition) is 1. The first kappa shape index (κ1) is 13.3. The molecule has 1 aliphatic rings. The van der Waals surface area contributed by atoms with Crippen molar-refractivity contribution in [2.45, 2.75) is 45.6 Å². The fourth-order valence-corrected chi connectivity index (χ4v) is 3.57. The van der Waals surface area contributed by atoms with Crippen molar-refractivity contribution in [2.75, 3.05) is 11.6 Å². The SMILES string of the molecule is CC(C)(C)CCS(=O)(=O)NC1(CCl)CC1. The Morgan fingerprint density at radius 2 is 1.87 bits per heavy atom. The molecule has 1 aliphatic carbocycles. The van der Waals surface area contributed by atoms with Crippen LogP contribution in [0.2, 0.25) is 0 Å². The van der Waals surface area contributed by atoms with Crippen LogP contribution < -0.4 is 4.72 Å². The summed E-state index contributed by atoms with van der Waals surface area (Å²) in [7, 11) is -3.16. The van der Waals surface area contributed by atoms with Gasteiger partial charge < -0.3 is 0 Å². The van der Waals surface area contributed by atoms with E-state index in [9.17, 15) is 8.42 Å². The molecular weight excluding hydrogens is 234 g/mol. The molecule has 0 radical (unpaired) electrons. The van der Waals surface area contributed by atoms with Crippen LogP contribution in [0.5, 0.6) is 0 Å². The summed E-state index contributed by atoms with van der Waals surface area (Å²) in [6, 6.07) is 0. The molecule has 1 N–H and O–H groups in total. The van der Waals surface area contributed by atoms with E-state index in [2.05, 4.69) is 4.72 Å². The summed E-state index contributed by atoms with van der Waals surface area (Å²) in [6.45, 7) is 6.12. The van der Waals surface area contributed by atoms with Crippen molar-refractivity contribution < 1.29 is 8.42 Å². The van der Waals surface area contributed by atoms with Crippen LogP contribution in [0, 0.1) is 5.41 Å². The van der Waals surface area contributed by atoms with Crippen LogP contribution in [0.1, 0.15) is 40.0 Å². The van der Waals surface area contributed by atoms with Gasteiger partial charge in [0, 0.05) is 11.4 Å². The molecule has 1 fully saturated rings. The minimum atomic E-state index is -3.16. The monoisotopic (exact) mass is 253 g/mol. The molecule has 0 saturated heterocycles. The zero-order valence-corrected chi connectivity index (χ0v) is 11.2. The van der Waals surface area contributed by atoms with Crippen LogP contribution in [0.4, 0.5) is 0 Å². The highest BCUT2D eigenvalue weighted by molar-refractivity contribution is 7.89. The van der Waals surface area contributed by atoms with E-state index in [4.69, 9.17) is 11.6 Å². The molecule has 1 rings (SSSR count). The first-order chi connectivity index (χ1) is 6.68. The number of alkyl halides is 1. The summed E-state index contributed by atoms with van der Waals surface area (Å²) in [5.74, 6) is 0.566. The highest BCUT2D eigenvalue weighted by atomic mass is 35.5. The van der Waals surface area contributed by atoms with Crippen molar-refractivity contribution in [2.24, 2.45) is 5.41 Å². The second kappa shape index (κ2) is 4.22. The Hall–Kier alpha value is 0.200. The van der Waals surface area contributed by atoms with E-state index in [-0.39, 0.29) is 16.7 Å². The third-order valence-electron chi connectivity index (χ3n) is 2.60. The van der Waals surface area contributed by atoms with Gasteiger partial charge in [0.1, 0.15) is 0 Å². The minimum Gasteiger partial charge on any atom is -0.212 e. The second-order valence-electron chi connectivity index (χ2n) is 5.65. The Labute approximate surface area is 97.6 Å². The van der Waals surface area contributed by atoms with Gasteiger partial charge in [-0.25, -0.2) is 13.1 Å². The van der Waals surface area contributed by atoms with Crippen molar-refractivity contribution in [3.8, 4) is 0 Å². The van der Waals surface area contributed by atoms with Crippen molar-refractivity contribution >= 4 is 21.6 Å². The van der Waals surface area contributed by atoms with Crippen molar-refractivity contribution in [3.63, 3.8) is 0 Å². The van der Waals surface area contributed by atoms with E-state index in [0.717, 1.165) is 12.8 Å². The van der Waals surface area contributed by atoms with Gasteiger partial charge in [0.2, 0.25) is 10.0 Å². The van der Waals surface area contributed by atoms with Crippen molar-refractivity contribution in [3.05, 3.63) is 0 Å². The van der Waals surface area contributed by atoms with Crippen molar-refractivity contribution in [1.29, 1.82) is 0 Å². The highest BCUT2D eigenvalue weighted by Crippen LogP contribution is 2.37. The summed E-state index contributed by atoms with van der Waals surface area (Å²) in [5, 5.41) is 0. The Kier molecular flexibility index (Phi) is 3.74. The van der Waals surface area contributed by atoms with Gasteiger partial charge in [0.05, 0.1) is 5.75 Å². The van der Waals surface area contributed by atoms with Gasteiger partial charge in [-0.05, 0) is 24.7 Å². The van der Waals surface area contributed by atoms with Crippen LogP contribution in [0.3, 0.4) is 0 Å². The minimum absolute atomic E-state index is 0.0480. The Morgan fingerprint density at radius 1 is 1.33 bits per heavy atom. The standard InChI is InChI=1S/C10H20ClNO2S/c1-9(2,3)6-7-15(13,14)12-10(8-11)4-5-10/h12H,4-8H2,1-3H3. The normalized spacial score (nSPS) is 20.3. The molecule has 5 heteroatoms. The highest BCUT2D eigenvalue weighted by Gasteiger charge is 2.44. The van der Waals surface area contributed by atoms with Gasteiger partial charge in [-0.2, -0.15) is 0 Å². The van der Waals surface area contributed by atoms with Crippen LogP contribution in [-0.2, 0) is 10.0 Å². The lowest BCUT2D eigenvalue weighted by atomic mass is 9.94. The summed E-state index contributed by atoms with van der Waals surface area (Å²) in [4.78, 5) is 0. The lowest BCUT2D eigenvalue weighted by Crippen LogP contribution is -2.40. The lowest BCUT2D eigenvalue weighted by Gasteiger charge is -2.20. The van der Waals surface area contributed by atoms with Crippen molar-refractivity contribution in [1.82, 2.24) is 4.72 Å². The molecule has 0 aromatic rings. The maximum absolute atomic E-state index is 11.7. The lowest BCUT2D eigenvalue weighted by molar-refractivity contribution is 0.395. The van der Waals surface area contributed by atoms with Gasteiger partial charge in [0.15, 0.2) is 0 Å². The molecule has 3 nitrogen and oxygen atoms in total. The molecule has 1 saturated carbocycles. The van der Waals surface area contributed by atoms with Gasteiger partial charge in [-0.1, -0.05) is 20.8 Å². The molecule has 0 aromatic heterocycles. The summed E-state index contributed by atoms with van der Waals surface area (Å²) < 4.78 is 26.2. The summed E-state index contributed by atoms with van der Waals surface area (Å²) in [6.07, 6.45) is 2.40. The first-order valence-electron chi connectivity index (χ1n) is 5.26. The smallest absolute Gasteiger partial charge is 0.212 e. The zero-order valence-electron chi connectivity index (χ0n) is 9.64. The van der Waals surface area contributed by atoms with Gasteiger partial charge in [-0.3, -0.25) is 0 Å². The molecule has 0 spiro atoms. The fraction of sp³-hybridized carbons (Fsp3) is 1.00. The summed E-state index contributed by atoms with van der Waals surface area (Å²) in [5.41, 5.74) is -0.273. The van der Waals surface area contributed by atoms with E-state index in [0.29, 0.717) is 12.3 Å². The third-order valence-corrected chi connectivity index (χ3v) is 4.60. The largest absolute Gasteiger partial charge is 0.212 e. The first-order valence-corrected chi connectivity index (χ1v) is 7.44.